The van der Waals surface area contributed by atoms with Crippen molar-refractivity contribution < 1.29 is 4.52 Å². The summed E-state index contributed by atoms with van der Waals surface area (Å²) >= 11 is 0. The van der Waals surface area contributed by atoms with Crippen molar-refractivity contribution in [1.29, 1.82) is 0 Å². The molecular formula is C15H15N3O. The van der Waals surface area contributed by atoms with Gasteiger partial charge < -0.3 is 10.3 Å². The second kappa shape index (κ2) is 4.39. The van der Waals surface area contributed by atoms with Gasteiger partial charge in [0.25, 0.3) is 0 Å². The number of nitrogens with two attached hydrogens (primary N) is 1. The minimum atomic E-state index is 0.250. The van der Waals surface area contributed by atoms with E-state index in [1.165, 1.54) is 0 Å². The number of anilines is 1. The number of hydrogen-bond donors (Lipinski definition) is 1. The molecule has 4 heteroatoms. The Labute approximate surface area is 111 Å². The van der Waals surface area contributed by atoms with Crippen molar-refractivity contribution in [3.8, 4) is 11.3 Å². The van der Waals surface area contributed by atoms with Crippen molar-refractivity contribution >= 4 is 16.7 Å². The summed E-state index contributed by atoms with van der Waals surface area (Å²) in [7, 11) is 0. The maximum absolute atomic E-state index is 5.90. The second-order valence-electron chi connectivity index (χ2n) is 4.85. The molecule has 0 saturated carbocycles. The maximum atomic E-state index is 5.90. The summed E-state index contributed by atoms with van der Waals surface area (Å²) in [5, 5.41) is 4.97. The summed E-state index contributed by atoms with van der Waals surface area (Å²) in [6.07, 6.45) is 1.78. The molecule has 0 amide bonds. The van der Waals surface area contributed by atoms with E-state index in [9.17, 15) is 0 Å². The number of fused-ring (bicyclic) bond motifs is 1. The molecule has 0 aliphatic rings. The largest absolute Gasteiger partial charge is 0.381 e. The predicted molar refractivity (Wildman–Crippen MR) is 75.7 cm³/mol. The number of rotatable bonds is 2. The highest BCUT2D eigenvalue weighted by atomic mass is 16.5. The summed E-state index contributed by atoms with van der Waals surface area (Å²) in [5.41, 5.74) is 8.68. The van der Waals surface area contributed by atoms with Crippen LogP contribution < -0.4 is 5.73 Å². The Morgan fingerprint density at radius 2 is 1.95 bits per heavy atom. The van der Waals surface area contributed by atoms with Gasteiger partial charge in [0.05, 0.1) is 5.52 Å². The molecule has 3 rings (SSSR count). The Balaban J connectivity index is 2.31. The van der Waals surface area contributed by atoms with Crippen molar-refractivity contribution in [2.75, 3.05) is 5.73 Å². The van der Waals surface area contributed by atoms with Gasteiger partial charge in [0.1, 0.15) is 0 Å². The summed E-state index contributed by atoms with van der Waals surface area (Å²) in [6, 6.07) is 9.95. The van der Waals surface area contributed by atoms with E-state index >= 15 is 0 Å². The van der Waals surface area contributed by atoms with Crippen molar-refractivity contribution in [3.63, 3.8) is 0 Å². The van der Waals surface area contributed by atoms with Gasteiger partial charge in [0.15, 0.2) is 11.6 Å². The van der Waals surface area contributed by atoms with E-state index < -0.39 is 0 Å². The molecular weight excluding hydrogens is 238 g/mol. The Morgan fingerprint density at radius 3 is 2.74 bits per heavy atom. The monoisotopic (exact) mass is 253 g/mol. The fourth-order valence-electron chi connectivity index (χ4n) is 2.35. The molecule has 2 N–H and O–H groups in total. The normalized spacial score (nSPS) is 11.3. The molecule has 0 aliphatic heterocycles. The molecule has 0 fully saturated rings. The number of aromatic nitrogens is 2. The van der Waals surface area contributed by atoms with E-state index in [1.807, 2.05) is 30.3 Å². The van der Waals surface area contributed by atoms with Crippen LogP contribution in [0.1, 0.15) is 25.3 Å². The number of nitrogens with zero attached hydrogens (tertiary/aromatic N) is 2. The summed E-state index contributed by atoms with van der Waals surface area (Å²) in [6.45, 7) is 4.15. The highest BCUT2D eigenvalue weighted by molar-refractivity contribution is 5.93. The zero-order chi connectivity index (χ0) is 13.4. The lowest BCUT2D eigenvalue weighted by Gasteiger charge is -2.07. The molecule has 0 saturated heterocycles. The Morgan fingerprint density at radius 1 is 1.16 bits per heavy atom. The minimum absolute atomic E-state index is 0.250. The Hall–Kier alpha value is -2.36. The third kappa shape index (κ3) is 1.85. The summed E-state index contributed by atoms with van der Waals surface area (Å²) in [5.74, 6) is 1.43. The van der Waals surface area contributed by atoms with Gasteiger partial charge in [-0.25, -0.2) is 0 Å². The van der Waals surface area contributed by atoms with Crippen LogP contribution >= 0.6 is 0 Å². The van der Waals surface area contributed by atoms with Gasteiger partial charge >= 0.3 is 0 Å². The zero-order valence-electron chi connectivity index (χ0n) is 10.9. The second-order valence-corrected chi connectivity index (χ2v) is 4.85. The van der Waals surface area contributed by atoms with Crippen LogP contribution in [0, 0.1) is 0 Å². The van der Waals surface area contributed by atoms with Crippen LogP contribution in [-0.2, 0) is 0 Å². The van der Waals surface area contributed by atoms with Crippen molar-refractivity contribution in [2.45, 2.75) is 19.8 Å². The lowest BCUT2D eigenvalue weighted by Crippen LogP contribution is -1.95. The smallest absolute Gasteiger partial charge is 0.174 e. The van der Waals surface area contributed by atoms with Gasteiger partial charge in [-0.15, -0.1) is 0 Å². The van der Waals surface area contributed by atoms with Crippen molar-refractivity contribution in [3.05, 3.63) is 42.1 Å². The average molecular weight is 253 g/mol. The molecule has 0 unspecified atom stereocenters. The van der Waals surface area contributed by atoms with E-state index in [0.717, 1.165) is 27.8 Å². The number of hydrogen-bond acceptors (Lipinski definition) is 4. The summed E-state index contributed by atoms with van der Waals surface area (Å²) in [4.78, 5) is 4.44. The van der Waals surface area contributed by atoms with Crippen LogP contribution in [0.4, 0.5) is 5.82 Å². The lowest BCUT2D eigenvalue weighted by molar-refractivity contribution is 0.435. The SMILES string of the molecule is CC(C)c1c(N)noc1-c1cccc2cccnc12. The average Bonchev–Trinajstić information content (AvgIpc) is 2.80. The molecule has 2 aromatic heterocycles. The Kier molecular flexibility index (Phi) is 2.71. The number of para-hydroxylation sites is 1. The van der Waals surface area contributed by atoms with E-state index in [4.69, 9.17) is 10.3 Å². The van der Waals surface area contributed by atoms with Crippen LogP contribution in [0.5, 0.6) is 0 Å². The third-order valence-electron chi connectivity index (χ3n) is 3.21. The quantitative estimate of drug-likeness (QED) is 0.757. The van der Waals surface area contributed by atoms with Gasteiger partial charge in [-0.3, -0.25) is 4.98 Å². The van der Waals surface area contributed by atoms with Gasteiger partial charge in [0.2, 0.25) is 0 Å². The molecule has 2 heterocycles. The first kappa shape index (κ1) is 11.7. The molecule has 0 radical (unpaired) electrons. The fraction of sp³-hybridized carbons (Fsp3) is 0.200. The van der Waals surface area contributed by atoms with Gasteiger partial charge in [-0.2, -0.15) is 0 Å². The summed E-state index contributed by atoms with van der Waals surface area (Å²) < 4.78 is 5.44. The van der Waals surface area contributed by atoms with E-state index in [-0.39, 0.29) is 5.92 Å². The van der Waals surface area contributed by atoms with E-state index in [1.54, 1.807) is 6.20 Å². The first-order chi connectivity index (χ1) is 9.18. The lowest BCUT2D eigenvalue weighted by atomic mass is 9.98. The van der Waals surface area contributed by atoms with Crippen molar-refractivity contribution in [2.24, 2.45) is 0 Å². The molecule has 4 nitrogen and oxygen atoms in total. The van der Waals surface area contributed by atoms with Crippen LogP contribution in [0.15, 0.2) is 41.1 Å². The standard InChI is InChI=1S/C15H15N3O/c1-9(2)12-14(19-18-15(12)16)11-7-3-5-10-6-4-8-17-13(10)11/h3-9H,1-2H3,(H2,16,18). The van der Waals surface area contributed by atoms with Crippen LogP contribution in [0.3, 0.4) is 0 Å². The molecule has 1 aromatic carbocycles. The van der Waals surface area contributed by atoms with Gasteiger partial charge in [-0.05, 0) is 18.1 Å². The predicted octanol–water partition coefficient (Wildman–Crippen LogP) is 3.60. The maximum Gasteiger partial charge on any atom is 0.174 e. The molecule has 0 bridgehead atoms. The Bertz CT molecular complexity index is 726. The molecule has 3 aromatic rings. The molecule has 96 valence electrons. The number of pyridine rings is 1. The highest BCUT2D eigenvalue weighted by Crippen LogP contribution is 2.36. The minimum Gasteiger partial charge on any atom is -0.381 e. The van der Waals surface area contributed by atoms with Crippen LogP contribution in [0.25, 0.3) is 22.2 Å². The number of benzene rings is 1. The molecule has 0 atom stereocenters. The van der Waals surface area contributed by atoms with Crippen LogP contribution in [-0.4, -0.2) is 10.1 Å². The van der Waals surface area contributed by atoms with E-state index in [0.29, 0.717) is 5.82 Å². The molecule has 19 heavy (non-hydrogen) atoms. The first-order valence-electron chi connectivity index (χ1n) is 6.27. The van der Waals surface area contributed by atoms with Gasteiger partial charge in [-0.1, -0.05) is 37.2 Å². The van der Waals surface area contributed by atoms with Crippen LogP contribution in [0.2, 0.25) is 0 Å². The first-order valence-corrected chi connectivity index (χ1v) is 6.27. The fourth-order valence-corrected chi connectivity index (χ4v) is 2.35. The number of nitrogen functional groups attached to an aromatic ring is 1. The molecule has 0 aliphatic carbocycles. The zero-order valence-corrected chi connectivity index (χ0v) is 10.9. The third-order valence-corrected chi connectivity index (χ3v) is 3.21. The van der Waals surface area contributed by atoms with E-state index in [2.05, 4.69) is 24.0 Å². The van der Waals surface area contributed by atoms with Gasteiger partial charge in [0, 0.05) is 22.7 Å². The topological polar surface area (TPSA) is 64.9 Å². The highest BCUT2D eigenvalue weighted by Gasteiger charge is 2.20. The van der Waals surface area contributed by atoms with Crippen molar-refractivity contribution in [1.82, 2.24) is 10.1 Å². The molecule has 0 spiro atoms.